The first kappa shape index (κ1) is 13.9. The number of aryl methyl sites for hydroxylation is 1. The van der Waals surface area contributed by atoms with E-state index in [0.717, 1.165) is 5.69 Å². The number of amides is 1. The Bertz CT molecular complexity index is 781. The van der Waals surface area contributed by atoms with E-state index in [-0.39, 0.29) is 5.91 Å². The number of aromatic nitrogens is 2. The number of hydrogen-bond acceptors (Lipinski definition) is 3. The minimum absolute atomic E-state index is 0.284. The van der Waals surface area contributed by atoms with Gasteiger partial charge in [-0.05, 0) is 37.3 Å². The molecule has 0 aliphatic rings. The van der Waals surface area contributed by atoms with E-state index in [4.69, 9.17) is 4.74 Å². The number of nitrogens with zero attached hydrogens (tertiary/aromatic N) is 1. The maximum atomic E-state index is 12.2. The smallest absolute Gasteiger partial charge is 0.276 e. The highest BCUT2D eigenvalue weighted by molar-refractivity contribution is 6.03. The predicted octanol–water partition coefficient (Wildman–Crippen LogP) is 3.76. The Morgan fingerprint density at radius 3 is 2.55 bits per heavy atom. The molecular weight excluding hydrogens is 278 g/mol. The van der Waals surface area contributed by atoms with E-state index in [9.17, 15) is 4.79 Å². The van der Waals surface area contributed by atoms with E-state index in [1.807, 2.05) is 49.4 Å². The molecule has 5 heteroatoms. The van der Waals surface area contributed by atoms with Crippen molar-refractivity contribution in [3.05, 3.63) is 72.1 Å². The van der Waals surface area contributed by atoms with Crippen molar-refractivity contribution < 1.29 is 9.53 Å². The number of anilines is 1. The Balaban J connectivity index is 1.81. The van der Waals surface area contributed by atoms with E-state index in [2.05, 4.69) is 15.5 Å². The maximum absolute atomic E-state index is 12.2. The SMILES string of the molecule is Cc1cc(C(=O)Nc2ccccc2Oc2ccccc2)n[nH]1. The van der Waals surface area contributed by atoms with Gasteiger partial charge in [0.1, 0.15) is 5.75 Å². The van der Waals surface area contributed by atoms with Gasteiger partial charge in [0.2, 0.25) is 0 Å². The van der Waals surface area contributed by atoms with Crippen LogP contribution in [-0.2, 0) is 0 Å². The van der Waals surface area contributed by atoms with Crippen LogP contribution in [0.15, 0.2) is 60.7 Å². The lowest BCUT2D eigenvalue weighted by atomic mass is 10.2. The average Bonchev–Trinajstić information content (AvgIpc) is 2.97. The number of H-pyrrole nitrogens is 1. The third kappa shape index (κ3) is 3.15. The zero-order valence-corrected chi connectivity index (χ0v) is 12.0. The van der Waals surface area contributed by atoms with Crippen LogP contribution >= 0.6 is 0 Å². The highest BCUT2D eigenvalue weighted by atomic mass is 16.5. The van der Waals surface area contributed by atoms with Gasteiger partial charge >= 0.3 is 0 Å². The van der Waals surface area contributed by atoms with Gasteiger partial charge in [-0.3, -0.25) is 9.89 Å². The number of aromatic amines is 1. The minimum Gasteiger partial charge on any atom is -0.455 e. The lowest BCUT2D eigenvalue weighted by Gasteiger charge is -2.11. The fraction of sp³-hybridized carbons (Fsp3) is 0.0588. The van der Waals surface area contributed by atoms with Crippen molar-refractivity contribution in [1.29, 1.82) is 0 Å². The first-order valence-corrected chi connectivity index (χ1v) is 6.87. The van der Waals surface area contributed by atoms with E-state index in [1.54, 1.807) is 18.2 Å². The molecule has 0 unspecified atom stereocenters. The van der Waals surface area contributed by atoms with E-state index in [1.165, 1.54) is 0 Å². The third-order valence-corrected chi connectivity index (χ3v) is 3.04. The average molecular weight is 293 g/mol. The molecule has 0 radical (unpaired) electrons. The summed E-state index contributed by atoms with van der Waals surface area (Å²) in [5, 5.41) is 9.51. The molecule has 0 aliphatic carbocycles. The van der Waals surface area contributed by atoms with Gasteiger partial charge in [-0.2, -0.15) is 5.10 Å². The molecular formula is C17H15N3O2. The molecule has 0 saturated heterocycles. The van der Waals surface area contributed by atoms with Gasteiger partial charge < -0.3 is 10.1 Å². The van der Waals surface area contributed by atoms with Crippen molar-refractivity contribution in [3.63, 3.8) is 0 Å². The molecule has 0 fully saturated rings. The van der Waals surface area contributed by atoms with Crippen molar-refractivity contribution in [2.45, 2.75) is 6.92 Å². The zero-order valence-electron chi connectivity index (χ0n) is 12.0. The van der Waals surface area contributed by atoms with Gasteiger partial charge in [-0.1, -0.05) is 30.3 Å². The summed E-state index contributed by atoms with van der Waals surface area (Å²) in [7, 11) is 0. The monoisotopic (exact) mass is 293 g/mol. The number of carbonyl (C=O) groups excluding carboxylic acids is 1. The van der Waals surface area contributed by atoms with Gasteiger partial charge in [-0.25, -0.2) is 0 Å². The number of rotatable bonds is 4. The summed E-state index contributed by atoms with van der Waals surface area (Å²) < 4.78 is 5.81. The van der Waals surface area contributed by atoms with Crippen LogP contribution in [0.5, 0.6) is 11.5 Å². The molecule has 3 aromatic rings. The van der Waals surface area contributed by atoms with Gasteiger partial charge in [0.15, 0.2) is 11.4 Å². The number of carbonyl (C=O) groups is 1. The predicted molar refractivity (Wildman–Crippen MR) is 84.2 cm³/mol. The molecule has 3 rings (SSSR count). The maximum Gasteiger partial charge on any atom is 0.276 e. The summed E-state index contributed by atoms with van der Waals surface area (Å²) in [6.45, 7) is 1.84. The second-order valence-electron chi connectivity index (χ2n) is 4.80. The second kappa shape index (κ2) is 6.13. The molecule has 0 saturated carbocycles. The lowest BCUT2D eigenvalue weighted by Crippen LogP contribution is -2.13. The molecule has 1 amide bonds. The Morgan fingerprint density at radius 2 is 1.82 bits per heavy atom. The van der Waals surface area contributed by atoms with Crippen LogP contribution in [0.3, 0.4) is 0 Å². The Labute approximate surface area is 127 Å². The first-order chi connectivity index (χ1) is 10.7. The molecule has 1 aromatic heterocycles. The quantitative estimate of drug-likeness (QED) is 0.769. The molecule has 2 aromatic carbocycles. The van der Waals surface area contributed by atoms with Crippen molar-refractivity contribution in [3.8, 4) is 11.5 Å². The highest BCUT2D eigenvalue weighted by Crippen LogP contribution is 2.29. The normalized spacial score (nSPS) is 10.2. The van der Waals surface area contributed by atoms with Crippen molar-refractivity contribution in [1.82, 2.24) is 10.2 Å². The highest BCUT2D eigenvalue weighted by Gasteiger charge is 2.12. The number of hydrogen-bond donors (Lipinski definition) is 2. The molecule has 2 N–H and O–H groups in total. The van der Waals surface area contributed by atoms with Crippen LogP contribution in [-0.4, -0.2) is 16.1 Å². The van der Waals surface area contributed by atoms with Gasteiger partial charge in [0.05, 0.1) is 5.69 Å². The number of ether oxygens (including phenoxy) is 1. The summed E-state index contributed by atoms with van der Waals surface area (Å²) in [5.74, 6) is 1.00. The summed E-state index contributed by atoms with van der Waals surface area (Å²) in [5.41, 5.74) is 1.77. The van der Waals surface area contributed by atoms with Crippen LogP contribution < -0.4 is 10.1 Å². The minimum atomic E-state index is -0.284. The molecule has 110 valence electrons. The summed E-state index contributed by atoms with van der Waals surface area (Å²) in [6, 6.07) is 18.4. The van der Waals surface area contributed by atoms with E-state index >= 15 is 0 Å². The van der Waals surface area contributed by atoms with Crippen LogP contribution in [0.25, 0.3) is 0 Å². The molecule has 0 bridgehead atoms. The molecule has 0 spiro atoms. The molecule has 0 atom stereocenters. The summed E-state index contributed by atoms with van der Waals surface area (Å²) in [4.78, 5) is 12.2. The number of para-hydroxylation sites is 3. The van der Waals surface area contributed by atoms with Gasteiger partial charge in [0, 0.05) is 5.69 Å². The lowest BCUT2D eigenvalue weighted by molar-refractivity contribution is 0.102. The van der Waals surface area contributed by atoms with Crippen LogP contribution in [0.1, 0.15) is 16.2 Å². The number of benzene rings is 2. The number of nitrogens with one attached hydrogen (secondary N) is 2. The van der Waals surface area contributed by atoms with Crippen LogP contribution in [0.2, 0.25) is 0 Å². The molecule has 22 heavy (non-hydrogen) atoms. The third-order valence-electron chi connectivity index (χ3n) is 3.04. The molecule has 1 heterocycles. The topological polar surface area (TPSA) is 67.0 Å². The Hall–Kier alpha value is -3.08. The van der Waals surface area contributed by atoms with E-state index in [0.29, 0.717) is 22.9 Å². The standard InChI is InChI=1S/C17H15N3O2/c1-12-11-15(20-19-12)17(21)18-14-9-5-6-10-16(14)22-13-7-3-2-4-8-13/h2-11H,1H3,(H,18,21)(H,19,20). The van der Waals surface area contributed by atoms with Gasteiger partial charge in [-0.15, -0.1) is 0 Å². The van der Waals surface area contributed by atoms with Crippen molar-refractivity contribution in [2.24, 2.45) is 0 Å². The van der Waals surface area contributed by atoms with Crippen LogP contribution in [0.4, 0.5) is 5.69 Å². The first-order valence-electron chi connectivity index (χ1n) is 6.87. The second-order valence-corrected chi connectivity index (χ2v) is 4.80. The largest absolute Gasteiger partial charge is 0.455 e. The van der Waals surface area contributed by atoms with Gasteiger partial charge in [0.25, 0.3) is 5.91 Å². The fourth-order valence-electron chi connectivity index (χ4n) is 2.00. The zero-order chi connectivity index (χ0) is 15.4. The summed E-state index contributed by atoms with van der Waals surface area (Å²) >= 11 is 0. The van der Waals surface area contributed by atoms with E-state index < -0.39 is 0 Å². The van der Waals surface area contributed by atoms with Crippen molar-refractivity contribution in [2.75, 3.05) is 5.32 Å². The Morgan fingerprint density at radius 1 is 1.09 bits per heavy atom. The molecule has 0 aliphatic heterocycles. The summed E-state index contributed by atoms with van der Waals surface area (Å²) in [6.07, 6.45) is 0. The molecule has 5 nitrogen and oxygen atoms in total. The fourth-order valence-corrected chi connectivity index (χ4v) is 2.00. The van der Waals surface area contributed by atoms with Crippen LogP contribution in [0, 0.1) is 6.92 Å². The Kier molecular flexibility index (Phi) is 3.87. The van der Waals surface area contributed by atoms with Crippen molar-refractivity contribution >= 4 is 11.6 Å².